The summed E-state index contributed by atoms with van der Waals surface area (Å²) in [6, 6.07) is 5.88. The highest BCUT2D eigenvalue weighted by molar-refractivity contribution is 7.20. The van der Waals surface area contributed by atoms with Gasteiger partial charge in [0, 0.05) is 17.7 Å². The highest BCUT2D eigenvalue weighted by Crippen LogP contribution is 2.27. The van der Waals surface area contributed by atoms with Gasteiger partial charge in [0.25, 0.3) is 5.91 Å². The molecule has 3 rings (SSSR count). The number of rotatable bonds is 3. The van der Waals surface area contributed by atoms with E-state index in [2.05, 4.69) is 5.32 Å². The minimum absolute atomic E-state index is 0.0480. The van der Waals surface area contributed by atoms with Crippen LogP contribution in [0.25, 0.3) is 10.1 Å². The van der Waals surface area contributed by atoms with Crippen molar-refractivity contribution in [3.05, 3.63) is 35.0 Å². The van der Waals surface area contributed by atoms with Gasteiger partial charge >= 0.3 is 5.97 Å². The Hall–Kier alpha value is -1.99. The van der Waals surface area contributed by atoms with Gasteiger partial charge in [0.1, 0.15) is 5.82 Å². The third kappa shape index (κ3) is 2.50. The van der Waals surface area contributed by atoms with E-state index in [1.165, 1.54) is 12.1 Å². The molecule has 1 fully saturated rings. The molecule has 0 bridgehead atoms. The van der Waals surface area contributed by atoms with E-state index in [0.29, 0.717) is 16.2 Å². The predicted octanol–water partition coefficient (Wildman–Crippen LogP) is 2.01. The summed E-state index contributed by atoms with van der Waals surface area (Å²) in [6.07, 6.45) is 0.230. The number of carboxylic acid groups (broad SMARTS) is 1. The lowest BCUT2D eigenvalue weighted by atomic mass is 9.99. The van der Waals surface area contributed by atoms with E-state index in [-0.39, 0.29) is 18.8 Å². The molecule has 1 unspecified atom stereocenters. The molecule has 21 heavy (non-hydrogen) atoms. The molecule has 0 spiro atoms. The van der Waals surface area contributed by atoms with Crippen molar-refractivity contribution in [1.82, 2.24) is 5.32 Å². The molecule has 1 saturated heterocycles. The summed E-state index contributed by atoms with van der Waals surface area (Å²) in [5, 5.41) is 12.6. The third-order valence-corrected chi connectivity index (χ3v) is 4.59. The summed E-state index contributed by atoms with van der Waals surface area (Å²) >= 11 is 1.13. The highest BCUT2D eigenvalue weighted by Gasteiger charge is 2.44. The fourth-order valence-electron chi connectivity index (χ4n) is 2.28. The number of carbonyl (C=O) groups is 2. The van der Waals surface area contributed by atoms with Crippen molar-refractivity contribution < 1.29 is 23.8 Å². The van der Waals surface area contributed by atoms with Crippen LogP contribution in [0.1, 0.15) is 16.1 Å². The quantitative estimate of drug-likeness (QED) is 0.909. The molecule has 0 aliphatic carbocycles. The van der Waals surface area contributed by atoms with E-state index < -0.39 is 17.4 Å². The largest absolute Gasteiger partial charge is 0.479 e. The molecule has 0 saturated carbocycles. The highest BCUT2D eigenvalue weighted by atomic mass is 32.1. The number of aliphatic carboxylic acids is 1. The number of nitrogens with one attached hydrogen (secondary N) is 1. The van der Waals surface area contributed by atoms with Crippen LogP contribution in [0.15, 0.2) is 24.3 Å². The zero-order valence-corrected chi connectivity index (χ0v) is 11.7. The average molecular weight is 309 g/mol. The Morgan fingerprint density at radius 1 is 1.38 bits per heavy atom. The van der Waals surface area contributed by atoms with Gasteiger partial charge in [0.05, 0.1) is 11.5 Å². The van der Waals surface area contributed by atoms with Crippen molar-refractivity contribution in [2.45, 2.75) is 12.0 Å². The molecule has 1 aromatic carbocycles. The molecule has 1 aromatic heterocycles. The standard InChI is InChI=1S/C14H12FNO4S/c15-9-2-1-8-5-11(21-10(8)6-9)12(17)16-14(13(18)19)3-4-20-7-14/h1-2,5-6H,3-4,7H2,(H,16,17)(H,18,19). The second-order valence-corrected chi connectivity index (χ2v) is 6.02. The summed E-state index contributed by atoms with van der Waals surface area (Å²) in [5.41, 5.74) is -1.38. The van der Waals surface area contributed by atoms with Crippen molar-refractivity contribution in [2.24, 2.45) is 0 Å². The number of carbonyl (C=O) groups excluding carboxylic acids is 1. The number of hydrogen-bond donors (Lipinski definition) is 2. The third-order valence-electron chi connectivity index (χ3n) is 3.49. The number of halogens is 1. The maximum atomic E-state index is 13.2. The molecule has 1 atom stereocenters. The summed E-state index contributed by atoms with van der Waals surface area (Å²) < 4.78 is 18.9. The van der Waals surface area contributed by atoms with Gasteiger partial charge in [0.15, 0.2) is 5.54 Å². The molecule has 1 aliphatic rings. The maximum Gasteiger partial charge on any atom is 0.331 e. The number of amides is 1. The molecular formula is C14H12FNO4S. The van der Waals surface area contributed by atoms with Crippen LogP contribution in [0.2, 0.25) is 0 Å². The van der Waals surface area contributed by atoms with Gasteiger partial charge in [0.2, 0.25) is 0 Å². The summed E-state index contributed by atoms with van der Waals surface area (Å²) in [6.45, 7) is 0.248. The van der Waals surface area contributed by atoms with Gasteiger partial charge in [-0.1, -0.05) is 6.07 Å². The molecular weight excluding hydrogens is 297 g/mol. The van der Waals surface area contributed by atoms with Gasteiger partial charge in [-0.25, -0.2) is 9.18 Å². The zero-order chi connectivity index (χ0) is 15.0. The molecule has 110 valence electrons. The number of fused-ring (bicyclic) bond motifs is 1. The molecule has 7 heteroatoms. The molecule has 2 aromatic rings. The van der Waals surface area contributed by atoms with Crippen LogP contribution in [0, 0.1) is 5.82 Å². The summed E-state index contributed by atoms with van der Waals surface area (Å²) in [4.78, 5) is 24.0. The molecule has 1 amide bonds. The molecule has 2 heterocycles. The minimum atomic E-state index is -1.38. The van der Waals surface area contributed by atoms with Crippen LogP contribution in [-0.4, -0.2) is 35.7 Å². The second-order valence-electron chi connectivity index (χ2n) is 4.94. The van der Waals surface area contributed by atoms with Gasteiger partial charge < -0.3 is 15.2 Å². The van der Waals surface area contributed by atoms with Crippen LogP contribution < -0.4 is 5.32 Å². The maximum absolute atomic E-state index is 13.2. The Bertz CT molecular complexity index is 721. The lowest BCUT2D eigenvalue weighted by molar-refractivity contribution is -0.144. The number of ether oxygens (including phenoxy) is 1. The van der Waals surface area contributed by atoms with Crippen molar-refractivity contribution in [3.63, 3.8) is 0 Å². The van der Waals surface area contributed by atoms with Crippen molar-refractivity contribution in [2.75, 3.05) is 13.2 Å². The van der Waals surface area contributed by atoms with Gasteiger partial charge in [-0.15, -0.1) is 11.3 Å². The van der Waals surface area contributed by atoms with Gasteiger partial charge in [-0.05, 0) is 23.6 Å². The number of thiophene rings is 1. The van der Waals surface area contributed by atoms with Crippen LogP contribution in [0.4, 0.5) is 4.39 Å². The molecule has 2 N–H and O–H groups in total. The van der Waals surface area contributed by atoms with Crippen LogP contribution >= 0.6 is 11.3 Å². The minimum Gasteiger partial charge on any atom is -0.479 e. The lowest BCUT2D eigenvalue weighted by Crippen LogP contribution is -2.55. The molecule has 0 radical (unpaired) electrons. The smallest absolute Gasteiger partial charge is 0.331 e. The Balaban J connectivity index is 1.88. The van der Waals surface area contributed by atoms with Crippen molar-refractivity contribution in [3.8, 4) is 0 Å². The monoisotopic (exact) mass is 309 g/mol. The normalized spacial score (nSPS) is 21.6. The first-order chi connectivity index (χ1) is 10.00. The Kier molecular flexibility index (Phi) is 3.38. The van der Waals surface area contributed by atoms with Gasteiger partial charge in [-0.3, -0.25) is 4.79 Å². The first kappa shape index (κ1) is 14.0. The number of benzene rings is 1. The second kappa shape index (κ2) is 5.09. The number of hydrogen-bond acceptors (Lipinski definition) is 4. The molecule has 5 nitrogen and oxygen atoms in total. The van der Waals surface area contributed by atoms with E-state index in [4.69, 9.17) is 4.74 Å². The Labute approximate surface area is 123 Å². The summed E-state index contributed by atoms with van der Waals surface area (Å²) in [5.74, 6) is -1.97. The van der Waals surface area contributed by atoms with E-state index in [0.717, 1.165) is 16.7 Å². The SMILES string of the molecule is O=C(NC1(C(=O)O)CCOC1)c1cc2ccc(F)cc2s1. The topological polar surface area (TPSA) is 75.6 Å². The fraction of sp³-hybridized carbons (Fsp3) is 0.286. The van der Waals surface area contributed by atoms with Crippen LogP contribution in [-0.2, 0) is 9.53 Å². The Morgan fingerprint density at radius 3 is 2.86 bits per heavy atom. The van der Waals surface area contributed by atoms with Gasteiger partial charge in [-0.2, -0.15) is 0 Å². The first-order valence-corrected chi connectivity index (χ1v) is 7.15. The van der Waals surface area contributed by atoms with Crippen molar-refractivity contribution in [1.29, 1.82) is 0 Å². The Morgan fingerprint density at radius 2 is 2.19 bits per heavy atom. The van der Waals surface area contributed by atoms with E-state index >= 15 is 0 Å². The van der Waals surface area contributed by atoms with Crippen LogP contribution in [0.3, 0.4) is 0 Å². The van der Waals surface area contributed by atoms with Crippen molar-refractivity contribution >= 4 is 33.3 Å². The lowest BCUT2D eigenvalue weighted by Gasteiger charge is -2.23. The van der Waals surface area contributed by atoms with E-state index in [1.807, 2.05) is 0 Å². The fourth-order valence-corrected chi connectivity index (χ4v) is 3.26. The predicted molar refractivity (Wildman–Crippen MR) is 75.1 cm³/mol. The zero-order valence-electron chi connectivity index (χ0n) is 10.9. The molecule has 1 aliphatic heterocycles. The average Bonchev–Trinajstić information content (AvgIpc) is 3.05. The van der Waals surface area contributed by atoms with E-state index in [9.17, 15) is 19.1 Å². The summed E-state index contributed by atoms with van der Waals surface area (Å²) in [7, 11) is 0. The first-order valence-electron chi connectivity index (χ1n) is 6.33. The van der Waals surface area contributed by atoms with Crippen LogP contribution in [0.5, 0.6) is 0 Å². The van der Waals surface area contributed by atoms with E-state index in [1.54, 1.807) is 12.1 Å². The number of carboxylic acids is 1.